The summed E-state index contributed by atoms with van der Waals surface area (Å²) in [6.45, 7) is 9.60. The van der Waals surface area contributed by atoms with Crippen molar-refractivity contribution in [3.8, 4) is 0 Å². The Kier molecular flexibility index (Phi) is 4.32. The van der Waals surface area contributed by atoms with Gasteiger partial charge in [-0.3, -0.25) is 9.69 Å². The monoisotopic (exact) mass is 279 g/mol. The van der Waals surface area contributed by atoms with E-state index < -0.39 is 0 Å². The molecule has 0 spiro atoms. The molecule has 4 unspecified atom stereocenters. The number of amides is 1. The van der Waals surface area contributed by atoms with Gasteiger partial charge in [-0.15, -0.1) is 0 Å². The zero-order valence-corrected chi connectivity index (χ0v) is 13.0. The summed E-state index contributed by atoms with van der Waals surface area (Å²) in [5.74, 6) is 1.98. The van der Waals surface area contributed by atoms with Crippen LogP contribution in [0.15, 0.2) is 0 Å². The molecule has 20 heavy (non-hydrogen) atoms. The summed E-state index contributed by atoms with van der Waals surface area (Å²) in [4.78, 5) is 17.2. The van der Waals surface area contributed by atoms with Gasteiger partial charge in [0.25, 0.3) is 0 Å². The number of hydrogen-bond acceptors (Lipinski definition) is 3. The zero-order chi connectivity index (χ0) is 14.1. The Balaban J connectivity index is 1.55. The zero-order valence-electron chi connectivity index (χ0n) is 13.0. The lowest BCUT2D eigenvalue weighted by Crippen LogP contribution is -2.52. The van der Waals surface area contributed by atoms with Crippen molar-refractivity contribution in [3.05, 3.63) is 0 Å². The predicted molar refractivity (Wildman–Crippen MR) is 80.5 cm³/mol. The Hall–Kier alpha value is -0.610. The molecule has 0 bridgehead atoms. The summed E-state index contributed by atoms with van der Waals surface area (Å²) in [6, 6.07) is 0.855. The molecule has 0 aromatic heterocycles. The molecule has 4 nitrogen and oxygen atoms in total. The molecule has 0 aromatic rings. The molecule has 0 saturated carbocycles. The predicted octanol–water partition coefficient (Wildman–Crippen LogP) is 1.32. The van der Waals surface area contributed by atoms with Gasteiger partial charge in [0.15, 0.2) is 0 Å². The number of carbonyl (C=O) groups excluding carboxylic acids is 1. The van der Waals surface area contributed by atoms with Crippen LogP contribution in [0, 0.1) is 11.8 Å². The van der Waals surface area contributed by atoms with Gasteiger partial charge in [-0.25, -0.2) is 0 Å². The van der Waals surface area contributed by atoms with Crippen molar-refractivity contribution in [3.63, 3.8) is 0 Å². The van der Waals surface area contributed by atoms with Crippen molar-refractivity contribution >= 4 is 5.91 Å². The first-order valence-corrected chi connectivity index (χ1v) is 8.39. The van der Waals surface area contributed by atoms with Gasteiger partial charge in [-0.2, -0.15) is 0 Å². The summed E-state index contributed by atoms with van der Waals surface area (Å²) in [7, 11) is 0. The van der Waals surface area contributed by atoms with Crippen LogP contribution >= 0.6 is 0 Å². The topological polar surface area (TPSA) is 35.6 Å². The normalized spacial score (nSPS) is 38.8. The van der Waals surface area contributed by atoms with E-state index >= 15 is 0 Å². The molecular formula is C16H29N3O. The van der Waals surface area contributed by atoms with E-state index in [1.807, 2.05) is 0 Å². The average Bonchev–Trinajstić information content (AvgIpc) is 2.85. The van der Waals surface area contributed by atoms with Crippen LogP contribution < -0.4 is 5.32 Å². The molecule has 1 amide bonds. The Labute approximate surface area is 122 Å². The molecule has 3 aliphatic heterocycles. The Morgan fingerprint density at radius 2 is 1.80 bits per heavy atom. The second-order valence-corrected chi connectivity index (χ2v) is 7.13. The van der Waals surface area contributed by atoms with Gasteiger partial charge in [0.2, 0.25) is 5.91 Å². The Morgan fingerprint density at radius 3 is 2.55 bits per heavy atom. The van der Waals surface area contributed by atoms with Crippen molar-refractivity contribution in [2.45, 2.75) is 51.6 Å². The lowest BCUT2D eigenvalue weighted by molar-refractivity contribution is -0.139. The third-order valence-corrected chi connectivity index (χ3v) is 5.63. The summed E-state index contributed by atoms with van der Waals surface area (Å²) in [6.07, 6.45) is 4.87. The highest BCUT2D eigenvalue weighted by atomic mass is 16.2. The molecule has 114 valence electrons. The molecule has 3 fully saturated rings. The van der Waals surface area contributed by atoms with Crippen LogP contribution in [0.4, 0.5) is 0 Å². The standard InChI is InChI=1S/C16H29N3O/c1-12-4-3-5-13(2)19(12)16(20)11-18-7-6-14-8-17-9-15(14)10-18/h12-15,17H,3-11H2,1-2H3. The summed E-state index contributed by atoms with van der Waals surface area (Å²) >= 11 is 0. The molecule has 0 aliphatic carbocycles. The highest BCUT2D eigenvalue weighted by Crippen LogP contribution is 2.27. The fourth-order valence-electron chi connectivity index (χ4n) is 4.44. The van der Waals surface area contributed by atoms with Crippen molar-refractivity contribution < 1.29 is 4.79 Å². The van der Waals surface area contributed by atoms with Crippen molar-refractivity contribution in [2.75, 3.05) is 32.7 Å². The van der Waals surface area contributed by atoms with Crippen LogP contribution in [0.1, 0.15) is 39.5 Å². The average molecular weight is 279 g/mol. The van der Waals surface area contributed by atoms with E-state index in [1.54, 1.807) is 0 Å². The number of fused-ring (bicyclic) bond motifs is 1. The van der Waals surface area contributed by atoms with Gasteiger partial charge in [-0.05, 0) is 71.0 Å². The molecule has 0 radical (unpaired) electrons. The van der Waals surface area contributed by atoms with Gasteiger partial charge in [0, 0.05) is 18.6 Å². The molecule has 1 N–H and O–H groups in total. The van der Waals surface area contributed by atoms with E-state index in [9.17, 15) is 4.79 Å². The van der Waals surface area contributed by atoms with E-state index in [4.69, 9.17) is 0 Å². The Bertz CT molecular complexity index is 350. The lowest BCUT2D eigenvalue weighted by Gasteiger charge is -2.41. The first-order chi connectivity index (χ1) is 9.65. The first-order valence-electron chi connectivity index (χ1n) is 8.39. The van der Waals surface area contributed by atoms with Gasteiger partial charge < -0.3 is 10.2 Å². The minimum atomic E-state index is 0.356. The number of piperidine rings is 2. The van der Waals surface area contributed by atoms with Crippen LogP contribution in [-0.2, 0) is 4.79 Å². The van der Waals surface area contributed by atoms with Gasteiger partial charge in [0.05, 0.1) is 6.54 Å². The third-order valence-electron chi connectivity index (χ3n) is 5.63. The third kappa shape index (κ3) is 2.86. The Morgan fingerprint density at radius 1 is 1.10 bits per heavy atom. The van der Waals surface area contributed by atoms with E-state index in [2.05, 4.69) is 29.0 Å². The summed E-state index contributed by atoms with van der Waals surface area (Å²) in [5.41, 5.74) is 0. The smallest absolute Gasteiger partial charge is 0.237 e. The maximum Gasteiger partial charge on any atom is 0.237 e. The SMILES string of the molecule is CC1CCCC(C)N1C(=O)CN1CCC2CNCC2C1. The van der Waals surface area contributed by atoms with Gasteiger partial charge >= 0.3 is 0 Å². The molecule has 3 aliphatic rings. The number of likely N-dealkylation sites (tertiary alicyclic amines) is 2. The highest BCUT2D eigenvalue weighted by molar-refractivity contribution is 5.79. The molecule has 4 atom stereocenters. The minimum absolute atomic E-state index is 0.356. The fraction of sp³-hybridized carbons (Fsp3) is 0.938. The molecule has 0 aromatic carbocycles. The van der Waals surface area contributed by atoms with E-state index in [0.29, 0.717) is 24.5 Å². The summed E-state index contributed by atoms with van der Waals surface area (Å²) in [5, 5.41) is 3.49. The number of nitrogens with zero attached hydrogens (tertiary/aromatic N) is 2. The first kappa shape index (κ1) is 14.3. The molecule has 3 rings (SSSR count). The van der Waals surface area contributed by atoms with Crippen LogP contribution in [0.2, 0.25) is 0 Å². The molecular weight excluding hydrogens is 250 g/mol. The van der Waals surface area contributed by atoms with E-state index in [0.717, 1.165) is 31.5 Å². The second kappa shape index (κ2) is 6.02. The second-order valence-electron chi connectivity index (χ2n) is 7.13. The fourth-order valence-corrected chi connectivity index (χ4v) is 4.44. The maximum absolute atomic E-state index is 12.6. The number of nitrogens with one attached hydrogen (secondary N) is 1. The van der Waals surface area contributed by atoms with E-state index in [-0.39, 0.29) is 0 Å². The maximum atomic E-state index is 12.6. The lowest BCUT2D eigenvalue weighted by atomic mass is 9.88. The van der Waals surface area contributed by atoms with Crippen molar-refractivity contribution in [1.82, 2.24) is 15.1 Å². The van der Waals surface area contributed by atoms with E-state index in [1.165, 1.54) is 32.2 Å². The van der Waals surface area contributed by atoms with Crippen LogP contribution in [-0.4, -0.2) is 60.5 Å². The van der Waals surface area contributed by atoms with Crippen LogP contribution in [0.25, 0.3) is 0 Å². The number of rotatable bonds is 2. The number of hydrogen-bond donors (Lipinski definition) is 1. The van der Waals surface area contributed by atoms with Gasteiger partial charge in [-0.1, -0.05) is 0 Å². The van der Waals surface area contributed by atoms with Gasteiger partial charge in [0.1, 0.15) is 0 Å². The molecule has 3 saturated heterocycles. The number of carbonyl (C=O) groups is 1. The minimum Gasteiger partial charge on any atom is -0.336 e. The quantitative estimate of drug-likeness (QED) is 0.828. The highest BCUT2D eigenvalue weighted by Gasteiger charge is 2.35. The molecule has 4 heteroatoms. The van der Waals surface area contributed by atoms with Crippen LogP contribution in [0.3, 0.4) is 0 Å². The van der Waals surface area contributed by atoms with Crippen LogP contribution in [0.5, 0.6) is 0 Å². The summed E-state index contributed by atoms with van der Waals surface area (Å²) < 4.78 is 0. The molecule has 3 heterocycles. The van der Waals surface area contributed by atoms with Crippen molar-refractivity contribution in [2.24, 2.45) is 11.8 Å². The van der Waals surface area contributed by atoms with Crippen molar-refractivity contribution in [1.29, 1.82) is 0 Å². The largest absolute Gasteiger partial charge is 0.336 e.